The molecule has 1 aromatic heterocycles. The highest BCUT2D eigenvalue weighted by atomic mass is 16.5. The second kappa shape index (κ2) is 8.44. The van der Waals surface area contributed by atoms with E-state index in [1.807, 2.05) is 24.3 Å². The molecule has 2 aromatic carbocycles. The summed E-state index contributed by atoms with van der Waals surface area (Å²) in [6.45, 7) is 0.0443. The van der Waals surface area contributed by atoms with Crippen molar-refractivity contribution in [1.82, 2.24) is 9.97 Å². The number of methoxy groups -OCH3 is 3. The Kier molecular flexibility index (Phi) is 5.56. The maximum Gasteiger partial charge on any atom is 0.243 e. The maximum atomic E-state index is 12.5. The Morgan fingerprint density at radius 1 is 1.00 bits per heavy atom. The average molecular weight is 408 g/mol. The van der Waals surface area contributed by atoms with Crippen molar-refractivity contribution in [3.63, 3.8) is 0 Å². The summed E-state index contributed by atoms with van der Waals surface area (Å²) < 4.78 is 16.1. The minimum atomic E-state index is -0.209. The third-order valence-corrected chi connectivity index (χ3v) is 4.96. The number of para-hydroxylation sites is 2. The van der Waals surface area contributed by atoms with Gasteiger partial charge in [0.05, 0.1) is 39.1 Å². The molecule has 0 spiro atoms. The Labute approximate surface area is 174 Å². The number of fused-ring (bicyclic) bond motifs is 1. The number of nitrogens with zero attached hydrogens (tertiary/aromatic N) is 2. The number of hydrogen-bond acceptors (Lipinski definition) is 7. The second-order valence-corrected chi connectivity index (χ2v) is 7.03. The molecule has 8 nitrogen and oxygen atoms in total. The first-order valence-electron chi connectivity index (χ1n) is 9.73. The van der Waals surface area contributed by atoms with Gasteiger partial charge in [0.1, 0.15) is 17.4 Å². The van der Waals surface area contributed by atoms with E-state index in [2.05, 4.69) is 15.6 Å². The molecule has 0 aliphatic heterocycles. The molecule has 1 saturated carbocycles. The standard InChI is InChI=1S/C22H24N4O4/c1-28-17-7-5-4-6-15(17)24-20(27)12-23-22-14-10-18(29-2)19(30-3)11-16(14)25-21(26-22)13-8-9-13/h4-7,10-11,13H,8-9,12H2,1-3H3,(H,24,27)(H,23,25,26). The molecule has 3 aromatic rings. The number of rotatable bonds is 8. The fourth-order valence-corrected chi connectivity index (χ4v) is 3.24. The van der Waals surface area contributed by atoms with Crippen LogP contribution in [0.2, 0.25) is 0 Å². The lowest BCUT2D eigenvalue weighted by molar-refractivity contribution is -0.114. The highest BCUT2D eigenvalue weighted by molar-refractivity contribution is 5.97. The van der Waals surface area contributed by atoms with Crippen molar-refractivity contribution in [3.8, 4) is 17.2 Å². The summed E-state index contributed by atoms with van der Waals surface area (Å²) in [5.74, 6) is 3.32. The van der Waals surface area contributed by atoms with Gasteiger partial charge in [-0.3, -0.25) is 4.79 Å². The van der Waals surface area contributed by atoms with E-state index < -0.39 is 0 Å². The van der Waals surface area contributed by atoms with Crippen molar-refractivity contribution < 1.29 is 19.0 Å². The summed E-state index contributed by atoms with van der Waals surface area (Å²) in [6.07, 6.45) is 2.15. The zero-order chi connectivity index (χ0) is 21.1. The molecular weight excluding hydrogens is 384 g/mol. The van der Waals surface area contributed by atoms with E-state index >= 15 is 0 Å². The lowest BCUT2D eigenvalue weighted by Gasteiger charge is -2.14. The van der Waals surface area contributed by atoms with Crippen LogP contribution in [0.1, 0.15) is 24.6 Å². The highest BCUT2D eigenvalue weighted by Crippen LogP contribution is 2.41. The van der Waals surface area contributed by atoms with Gasteiger partial charge in [-0.1, -0.05) is 12.1 Å². The Balaban J connectivity index is 1.60. The molecule has 1 aliphatic rings. The van der Waals surface area contributed by atoms with Gasteiger partial charge in [0, 0.05) is 17.4 Å². The first-order valence-corrected chi connectivity index (χ1v) is 9.73. The molecule has 0 atom stereocenters. The van der Waals surface area contributed by atoms with Crippen molar-refractivity contribution in [1.29, 1.82) is 0 Å². The minimum absolute atomic E-state index is 0.0443. The van der Waals surface area contributed by atoms with Gasteiger partial charge in [0.25, 0.3) is 0 Å². The average Bonchev–Trinajstić information content (AvgIpc) is 3.62. The monoisotopic (exact) mass is 408 g/mol. The van der Waals surface area contributed by atoms with Gasteiger partial charge in [-0.2, -0.15) is 0 Å². The number of nitrogens with one attached hydrogen (secondary N) is 2. The van der Waals surface area contributed by atoms with Gasteiger partial charge >= 0.3 is 0 Å². The first-order chi connectivity index (χ1) is 14.6. The van der Waals surface area contributed by atoms with E-state index in [1.54, 1.807) is 33.5 Å². The summed E-state index contributed by atoms with van der Waals surface area (Å²) in [6, 6.07) is 10.9. The topological polar surface area (TPSA) is 94.6 Å². The number of ether oxygens (including phenoxy) is 3. The maximum absolute atomic E-state index is 12.5. The van der Waals surface area contributed by atoms with Crippen LogP contribution in [0.5, 0.6) is 17.2 Å². The predicted octanol–water partition coefficient (Wildman–Crippen LogP) is 3.58. The van der Waals surface area contributed by atoms with E-state index in [-0.39, 0.29) is 12.5 Å². The molecule has 30 heavy (non-hydrogen) atoms. The summed E-state index contributed by atoms with van der Waals surface area (Å²) in [5.41, 5.74) is 1.36. The fourth-order valence-electron chi connectivity index (χ4n) is 3.24. The van der Waals surface area contributed by atoms with Crippen LogP contribution in [0.4, 0.5) is 11.5 Å². The normalized spacial score (nSPS) is 13.0. The Morgan fingerprint density at radius 2 is 1.70 bits per heavy atom. The molecule has 0 saturated heterocycles. The zero-order valence-corrected chi connectivity index (χ0v) is 17.2. The van der Waals surface area contributed by atoms with Gasteiger partial charge in [-0.15, -0.1) is 0 Å². The smallest absolute Gasteiger partial charge is 0.243 e. The SMILES string of the molecule is COc1ccccc1NC(=O)CNc1nc(C2CC2)nc2cc(OC)c(OC)cc12. The molecule has 8 heteroatoms. The highest BCUT2D eigenvalue weighted by Gasteiger charge is 2.28. The van der Waals surface area contributed by atoms with Gasteiger partial charge in [-0.25, -0.2) is 9.97 Å². The second-order valence-electron chi connectivity index (χ2n) is 7.03. The summed E-state index contributed by atoms with van der Waals surface area (Å²) >= 11 is 0. The molecule has 2 N–H and O–H groups in total. The lowest BCUT2D eigenvalue weighted by Crippen LogP contribution is -2.22. The van der Waals surface area contributed by atoms with Crippen LogP contribution in [-0.4, -0.2) is 43.7 Å². The van der Waals surface area contributed by atoms with Crippen LogP contribution in [0.3, 0.4) is 0 Å². The molecular formula is C22H24N4O4. The molecule has 1 fully saturated rings. The fraction of sp³-hybridized carbons (Fsp3) is 0.318. The number of benzene rings is 2. The number of anilines is 2. The van der Waals surface area contributed by atoms with E-state index in [0.29, 0.717) is 34.7 Å². The van der Waals surface area contributed by atoms with Crippen LogP contribution >= 0.6 is 0 Å². The molecule has 1 heterocycles. The van der Waals surface area contributed by atoms with Crippen molar-refractivity contribution in [2.75, 3.05) is 38.5 Å². The number of carbonyl (C=O) groups excluding carboxylic acids is 1. The van der Waals surface area contributed by atoms with Crippen LogP contribution in [0.15, 0.2) is 36.4 Å². The Morgan fingerprint density at radius 3 is 2.40 bits per heavy atom. The molecule has 156 valence electrons. The Bertz CT molecular complexity index is 1080. The van der Waals surface area contributed by atoms with Crippen LogP contribution in [0.25, 0.3) is 10.9 Å². The van der Waals surface area contributed by atoms with Crippen LogP contribution in [0, 0.1) is 0 Å². The van der Waals surface area contributed by atoms with Crippen molar-refractivity contribution in [2.24, 2.45) is 0 Å². The lowest BCUT2D eigenvalue weighted by atomic mass is 10.2. The quantitative estimate of drug-likeness (QED) is 0.588. The van der Waals surface area contributed by atoms with Gasteiger partial charge in [0.15, 0.2) is 11.5 Å². The van der Waals surface area contributed by atoms with Crippen molar-refractivity contribution >= 4 is 28.3 Å². The summed E-state index contributed by atoms with van der Waals surface area (Å²) in [5, 5.41) is 6.78. The number of amides is 1. The molecule has 1 aliphatic carbocycles. The van der Waals surface area contributed by atoms with E-state index in [1.165, 1.54) is 0 Å². The number of carbonyl (C=O) groups is 1. The Hall–Kier alpha value is -3.55. The van der Waals surface area contributed by atoms with E-state index in [0.717, 1.165) is 29.6 Å². The number of hydrogen-bond donors (Lipinski definition) is 2. The summed E-state index contributed by atoms with van der Waals surface area (Å²) in [7, 11) is 4.74. The molecule has 1 amide bonds. The molecule has 4 rings (SSSR count). The van der Waals surface area contributed by atoms with E-state index in [9.17, 15) is 4.79 Å². The van der Waals surface area contributed by atoms with Crippen molar-refractivity contribution in [2.45, 2.75) is 18.8 Å². The van der Waals surface area contributed by atoms with Gasteiger partial charge in [-0.05, 0) is 31.0 Å². The molecule has 0 unspecified atom stereocenters. The van der Waals surface area contributed by atoms with E-state index in [4.69, 9.17) is 19.2 Å². The van der Waals surface area contributed by atoms with Crippen LogP contribution < -0.4 is 24.8 Å². The molecule has 0 radical (unpaired) electrons. The van der Waals surface area contributed by atoms with Crippen molar-refractivity contribution in [3.05, 3.63) is 42.2 Å². The number of aromatic nitrogens is 2. The minimum Gasteiger partial charge on any atom is -0.495 e. The zero-order valence-electron chi connectivity index (χ0n) is 17.2. The first kappa shape index (κ1) is 19.8. The van der Waals surface area contributed by atoms with Gasteiger partial charge < -0.3 is 24.8 Å². The van der Waals surface area contributed by atoms with Gasteiger partial charge in [0.2, 0.25) is 5.91 Å². The third-order valence-electron chi connectivity index (χ3n) is 4.96. The predicted molar refractivity (Wildman–Crippen MR) is 115 cm³/mol. The van der Waals surface area contributed by atoms with Crippen LogP contribution in [-0.2, 0) is 4.79 Å². The third kappa shape index (κ3) is 4.07. The summed E-state index contributed by atoms with van der Waals surface area (Å²) in [4.78, 5) is 21.9. The molecule has 0 bridgehead atoms. The largest absolute Gasteiger partial charge is 0.495 e.